The molecule has 22 heavy (non-hydrogen) atoms. The third kappa shape index (κ3) is 3.74. The summed E-state index contributed by atoms with van der Waals surface area (Å²) in [7, 11) is 0. The van der Waals surface area contributed by atoms with E-state index in [1.165, 1.54) is 11.0 Å². The van der Waals surface area contributed by atoms with Gasteiger partial charge in [0.2, 0.25) is 0 Å². The topological polar surface area (TPSA) is 49.8 Å². The summed E-state index contributed by atoms with van der Waals surface area (Å²) in [5.74, 6) is -1.98. The molecule has 122 valence electrons. The van der Waals surface area contributed by atoms with Gasteiger partial charge >= 0.3 is 6.09 Å². The summed E-state index contributed by atoms with van der Waals surface area (Å²) >= 11 is 0. The first-order chi connectivity index (χ1) is 10.1. The zero-order chi connectivity index (χ0) is 16.5. The van der Waals surface area contributed by atoms with Crippen LogP contribution in [0.1, 0.15) is 39.2 Å². The van der Waals surface area contributed by atoms with Gasteiger partial charge in [0.25, 0.3) is 0 Å². The predicted molar refractivity (Wildman–Crippen MR) is 77.3 cm³/mol. The first-order valence-corrected chi connectivity index (χ1v) is 7.27. The van der Waals surface area contributed by atoms with E-state index >= 15 is 0 Å². The van der Waals surface area contributed by atoms with Crippen molar-refractivity contribution in [3.63, 3.8) is 0 Å². The largest absolute Gasteiger partial charge is 0.444 e. The number of hydrogen-bond donors (Lipinski definition) is 1. The van der Waals surface area contributed by atoms with Crippen LogP contribution >= 0.6 is 0 Å². The Morgan fingerprint density at radius 1 is 1.32 bits per heavy atom. The molecule has 1 unspecified atom stereocenters. The van der Waals surface area contributed by atoms with E-state index in [-0.39, 0.29) is 12.1 Å². The fraction of sp³-hybridized carbons (Fsp3) is 0.562. The number of benzene rings is 1. The van der Waals surface area contributed by atoms with Crippen molar-refractivity contribution in [1.82, 2.24) is 4.90 Å². The van der Waals surface area contributed by atoms with Gasteiger partial charge in [-0.3, -0.25) is 0 Å². The number of piperidine rings is 1. The Bertz CT molecular complexity index is 571. The first-order valence-electron chi connectivity index (χ1n) is 7.27. The van der Waals surface area contributed by atoms with Crippen molar-refractivity contribution < 1.29 is 23.4 Å². The molecule has 0 bridgehead atoms. The van der Waals surface area contributed by atoms with Gasteiger partial charge in [0.1, 0.15) is 11.2 Å². The van der Waals surface area contributed by atoms with E-state index in [0.29, 0.717) is 19.4 Å². The van der Waals surface area contributed by atoms with Gasteiger partial charge in [0.15, 0.2) is 11.6 Å². The second-order valence-electron chi connectivity index (χ2n) is 6.67. The monoisotopic (exact) mass is 313 g/mol. The lowest BCUT2D eigenvalue weighted by Crippen LogP contribution is -2.49. The Morgan fingerprint density at radius 2 is 2.00 bits per heavy atom. The number of likely N-dealkylation sites (tertiary alicyclic amines) is 1. The first kappa shape index (κ1) is 16.7. The minimum absolute atomic E-state index is 0.00696. The summed E-state index contributed by atoms with van der Waals surface area (Å²) in [5.41, 5.74) is -1.77. The zero-order valence-corrected chi connectivity index (χ0v) is 13.0. The number of ether oxygens (including phenoxy) is 1. The number of amides is 1. The average Bonchev–Trinajstić information content (AvgIpc) is 2.40. The number of nitrogens with zero attached hydrogens (tertiary/aromatic N) is 1. The molecule has 0 aromatic heterocycles. The summed E-state index contributed by atoms with van der Waals surface area (Å²) < 4.78 is 31.7. The van der Waals surface area contributed by atoms with Crippen molar-refractivity contribution in [2.75, 3.05) is 13.1 Å². The maximum atomic E-state index is 13.4. The molecule has 2 rings (SSSR count). The van der Waals surface area contributed by atoms with Crippen LogP contribution in [0.5, 0.6) is 0 Å². The third-order valence-electron chi connectivity index (χ3n) is 3.58. The van der Waals surface area contributed by atoms with Gasteiger partial charge in [-0.1, -0.05) is 6.07 Å². The van der Waals surface area contributed by atoms with Crippen molar-refractivity contribution >= 4 is 6.09 Å². The van der Waals surface area contributed by atoms with Crippen molar-refractivity contribution in [2.45, 2.75) is 44.8 Å². The molecule has 0 saturated carbocycles. The van der Waals surface area contributed by atoms with Crippen molar-refractivity contribution in [1.29, 1.82) is 0 Å². The number of aliphatic hydroxyl groups is 1. The lowest BCUT2D eigenvalue weighted by atomic mass is 9.86. The molecule has 0 spiro atoms. The number of carbonyl (C=O) groups excluding carboxylic acids is 1. The van der Waals surface area contributed by atoms with E-state index in [9.17, 15) is 18.7 Å². The van der Waals surface area contributed by atoms with Gasteiger partial charge in [0, 0.05) is 6.54 Å². The molecular formula is C16H21F2NO3. The molecule has 6 heteroatoms. The van der Waals surface area contributed by atoms with Crippen LogP contribution in [0.25, 0.3) is 0 Å². The van der Waals surface area contributed by atoms with Gasteiger partial charge in [-0.25, -0.2) is 13.6 Å². The van der Waals surface area contributed by atoms with E-state index in [2.05, 4.69) is 0 Å². The molecule has 1 atom stereocenters. The molecule has 1 N–H and O–H groups in total. The van der Waals surface area contributed by atoms with Crippen LogP contribution in [-0.4, -0.2) is 34.8 Å². The number of halogens is 2. The molecule has 0 aliphatic carbocycles. The molecule has 0 radical (unpaired) electrons. The van der Waals surface area contributed by atoms with Gasteiger partial charge in [-0.15, -0.1) is 0 Å². The van der Waals surface area contributed by atoms with Crippen LogP contribution in [0, 0.1) is 11.6 Å². The van der Waals surface area contributed by atoms with Gasteiger partial charge in [-0.05, 0) is 51.3 Å². The Kier molecular flexibility index (Phi) is 4.42. The lowest BCUT2D eigenvalue weighted by Gasteiger charge is -2.39. The Labute approximate surface area is 128 Å². The van der Waals surface area contributed by atoms with Gasteiger partial charge in [-0.2, -0.15) is 0 Å². The summed E-state index contributed by atoms with van der Waals surface area (Å²) in [5, 5.41) is 10.7. The molecule has 1 saturated heterocycles. The zero-order valence-electron chi connectivity index (χ0n) is 13.0. The van der Waals surface area contributed by atoms with E-state index in [0.717, 1.165) is 12.1 Å². The Morgan fingerprint density at radius 3 is 2.59 bits per heavy atom. The average molecular weight is 313 g/mol. The maximum absolute atomic E-state index is 13.4. The third-order valence-corrected chi connectivity index (χ3v) is 3.58. The van der Waals surface area contributed by atoms with E-state index < -0.39 is 28.9 Å². The van der Waals surface area contributed by atoms with Crippen molar-refractivity contribution in [3.8, 4) is 0 Å². The number of carbonyl (C=O) groups is 1. The molecular weight excluding hydrogens is 292 g/mol. The normalized spacial score (nSPS) is 22.5. The fourth-order valence-electron chi connectivity index (χ4n) is 2.54. The Hall–Kier alpha value is -1.69. The minimum Gasteiger partial charge on any atom is -0.444 e. The van der Waals surface area contributed by atoms with Crippen molar-refractivity contribution in [3.05, 3.63) is 35.4 Å². The van der Waals surface area contributed by atoms with E-state index in [1.54, 1.807) is 20.8 Å². The SMILES string of the molecule is CC(C)(C)OC(=O)N1CCCC(O)(c2ccc(F)c(F)c2)C1. The number of β-amino-alcohol motifs (C(OH)–C–C–N with tert-alkyl or cyclic N) is 1. The van der Waals surface area contributed by atoms with Crippen LogP contribution in [0.15, 0.2) is 18.2 Å². The smallest absolute Gasteiger partial charge is 0.410 e. The molecule has 1 aromatic carbocycles. The van der Waals surface area contributed by atoms with Crippen LogP contribution in [-0.2, 0) is 10.3 Å². The van der Waals surface area contributed by atoms with Gasteiger partial charge in [0.05, 0.1) is 6.54 Å². The molecule has 1 aromatic rings. The summed E-state index contributed by atoms with van der Waals surface area (Å²) in [6, 6.07) is 3.31. The Balaban J connectivity index is 2.18. The van der Waals surface area contributed by atoms with Gasteiger partial charge < -0.3 is 14.7 Å². The molecule has 1 fully saturated rings. The molecule has 1 amide bonds. The molecule has 1 aliphatic heterocycles. The standard InChI is InChI=1S/C16H21F2NO3/c1-15(2,3)22-14(20)19-8-4-7-16(21,10-19)11-5-6-12(17)13(18)9-11/h5-6,9,21H,4,7-8,10H2,1-3H3. The highest BCUT2D eigenvalue weighted by Crippen LogP contribution is 2.32. The highest BCUT2D eigenvalue weighted by molar-refractivity contribution is 5.68. The van der Waals surface area contributed by atoms with Crippen LogP contribution in [0.4, 0.5) is 13.6 Å². The number of rotatable bonds is 1. The molecule has 1 aliphatic rings. The quantitative estimate of drug-likeness (QED) is 0.866. The molecule has 1 heterocycles. The van der Waals surface area contributed by atoms with Crippen LogP contribution in [0.2, 0.25) is 0 Å². The lowest BCUT2D eigenvalue weighted by molar-refractivity contribution is -0.0467. The molecule has 4 nitrogen and oxygen atoms in total. The second-order valence-corrected chi connectivity index (χ2v) is 6.67. The summed E-state index contributed by atoms with van der Waals surface area (Å²) in [6.45, 7) is 5.73. The maximum Gasteiger partial charge on any atom is 0.410 e. The summed E-state index contributed by atoms with van der Waals surface area (Å²) in [4.78, 5) is 13.5. The fourth-order valence-corrected chi connectivity index (χ4v) is 2.54. The van der Waals surface area contributed by atoms with E-state index in [4.69, 9.17) is 4.74 Å². The minimum atomic E-state index is -1.40. The highest BCUT2D eigenvalue weighted by Gasteiger charge is 2.38. The second kappa shape index (κ2) is 5.83. The predicted octanol–water partition coefficient (Wildman–Crippen LogP) is 3.18. The van der Waals surface area contributed by atoms with Crippen LogP contribution < -0.4 is 0 Å². The van der Waals surface area contributed by atoms with Crippen LogP contribution in [0.3, 0.4) is 0 Å². The number of hydrogen-bond acceptors (Lipinski definition) is 3. The van der Waals surface area contributed by atoms with Crippen molar-refractivity contribution in [2.24, 2.45) is 0 Å². The summed E-state index contributed by atoms with van der Waals surface area (Å²) in [6.07, 6.45) is 0.403. The highest BCUT2D eigenvalue weighted by atomic mass is 19.2. The van der Waals surface area contributed by atoms with E-state index in [1.807, 2.05) is 0 Å².